The number of hydrogen-bond acceptors (Lipinski definition) is 2. The van der Waals surface area contributed by atoms with Crippen LogP contribution in [0.25, 0.3) is 5.69 Å². The van der Waals surface area contributed by atoms with Crippen molar-refractivity contribution in [3.05, 3.63) is 46.5 Å². The monoisotopic (exact) mass is 283 g/mol. The lowest BCUT2D eigenvalue weighted by atomic mass is 10.1. The van der Waals surface area contributed by atoms with Crippen LogP contribution in [0.2, 0.25) is 0 Å². The minimum Gasteiger partial charge on any atom is -0.330 e. The molecule has 6 heteroatoms. The molecule has 20 heavy (non-hydrogen) atoms. The number of nitrogens with zero attached hydrogens (tertiary/aromatic N) is 2. The summed E-state index contributed by atoms with van der Waals surface area (Å²) in [6.07, 6.45) is 1.56. The van der Waals surface area contributed by atoms with E-state index < -0.39 is 17.5 Å². The lowest BCUT2D eigenvalue weighted by molar-refractivity contribution is 0.446. The Balaban J connectivity index is 2.48. The molecule has 0 fully saturated rings. The number of rotatable bonds is 4. The average Bonchev–Trinajstić information content (AvgIpc) is 2.68. The SMILES string of the molecule is Cc1nn(-c2cc(F)c(F)c(F)c2)c(C)c1CCCN. The highest BCUT2D eigenvalue weighted by molar-refractivity contribution is 5.38. The molecule has 0 aliphatic rings. The first kappa shape index (κ1) is 14.6. The van der Waals surface area contributed by atoms with Crippen LogP contribution in [0.3, 0.4) is 0 Å². The summed E-state index contributed by atoms with van der Waals surface area (Å²) in [6, 6.07) is 1.87. The molecule has 108 valence electrons. The second-order valence-corrected chi connectivity index (χ2v) is 4.68. The summed E-state index contributed by atoms with van der Waals surface area (Å²) in [5.41, 5.74) is 8.21. The van der Waals surface area contributed by atoms with Crippen molar-refractivity contribution in [3.8, 4) is 5.69 Å². The fourth-order valence-electron chi connectivity index (χ4n) is 2.23. The summed E-state index contributed by atoms with van der Waals surface area (Å²) in [7, 11) is 0. The fourth-order valence-corrected chi connectivity index (χ4v) is 2.23. The molecule has 0 atom stereocenters. The Bertz CT molecular complexity index is 612. The van der Waals surface area contributed by atoms with Gasteiger partial charge in [0, 0.05) is 17.8 Å². The van der Waals surface area contributed by atoms with Crippen molar-refractivity contribution in [1.82, 2.24) is 9.78 Å². The van der Waals surface area contributed by atoms with E-state index in [2.05, 4.69) is 5.10 Å². The van der Waals surface area contributed by atoms with Crippen molar-refractivity contribution in [2.75, 3.05) is 6.54 Å². The lowest BCUT2D eigenvalue weighted by Gasteiger charge is -2.06. The first-order chi connectivity index (χ1) is 9.45. The second kappa shape index (κ2) is 5.66. The average molecular weight is 283 g/mol. The summed E-state index contributed by atoms with van der Waals surface area (Å²) < 4.78 is 41.0. The highest BCUT2D eigenvalue weighted by Crippen LogP contribution is 2.22. The van der Waals surface area contributed by atoms with Gasteiger partial charge in [-0.3, -0.25) is 0 Å². The Morgan fingerprint density at radius 3 is 2.30 bits per heavy atom. The van der Waals surface area contributed by atoms with Crippen LogP contribution < -0.4 is 5.73 Å². The minimum absolute atomic E-state index is 0.168. The van der Waals surface area contributed by atoms with E-state index in [-0.39, 0.29) is 5.69 Å². The minimum atomic E-state index is -1.47. The van der Waals surface area contributed by atoms with Crippen LogP contribution in [0, 0.1) is 31.3 Å². The Morgan fingerprint density at radius 1 is 1.15 bits per heavy atom. The van der Waals surface area contributed by atoms with Crippen LogP contribution in [-0.2, 0) is 6.42 Å². The normalized spacial score (nSPS) is 11.1. The molecule has 3 nitrogen and oxygen atoms in total. The molecule has 1 aromatic carbocycles. The quantitative estimate of drug-likeness (QED) is 0.877. The lowest BCUT2D eigenvalue weighted by Crippen LogP contribution is -2.04. The van der Waals surface area contributed by atoms with E-state index >= 15 is 0 Å². The zero-order valence-corrected chi connectivity index (χ0v) is 11.4. The Labute approximate surface area is 115 Å². The molecule has 0 radical (unpaired) electrons. The number of aryl methyl sites for hydroxylation is 1. The van der Waals surface area contributed by atoms with Crippen LogP contribution in [0.4, 0.5) is 13.2 Å². The van der Waals surface area contributed by atoms with Gasteiger partial charge < -0.3 is 5.73 Å². The van der Waals surface area contributed by atoms with Crippen molar-refractivity contribution in [3.63, 3.8) is 0 Å². The Kier molecular flexibility index (Phi) is 4.13. The molecule has 2 rings (SSSR count). The highest BCUT2D eigenvalue weighted by atomic mass is 19.2. The van der Waals surface area contributed by atoms with Gasteiger partial charge in [0.2, 0.25) is 0 Å². The maximum atomic E-state index is 13.3. The molecule has 2 aromatic rings. The maximum Gasteiger partial charge on any atom is 0.194 e. The molecule has 0 saturated carbocycles. The van der Waals surface area contributed by atoms with Gasteiger partial charge >= 0.3 is 0 Å². The highest BCUT2D eigenvalue weighted by Gasteiger charge is 2.16. The standard InChI is InChI=1S/C14H16F3N3/c1-8-11(4-3-5-18)9(2)20(19-8)10-6-12(15)14(17)13(16)7-10/h6-7H,3-5,18H2,1-2H3. The molecule has 0 amide bonds. The smallest absolute Gasteiger partial charge is 0.194 e. The third-order valence-electron chi connectivity index (χ3n) is 3.29. The first-order valence-corrected chi connectivity index (χ1v) is 6.35. The molecular formula is C14H16F3N3. The molecule has 0 bridgehead atoms. The van der Waals surface area contributed by atoms with Crippen LogP contribution >= 0.6 is 0 Å². The number of benzene rings is 1. The van der Waals surface area contributed by atoms with Crippen LogP contribution in [0.5, 0.6) is 0 Å². The summed E-state index contributed by atoms with van der Waals surface area (Å²) in [6.45, 7) is 4.19. The topological polar surface area (TPSA) is 43.8 Å². The van der Waals surface area contributed by atoms with Gasteiger partial charge in [-0.1, -0.05) is 0 Å². The van der Waals surface area contributed by atoms with Gasteiger partial charge in [-0.15, -0.1) is 0 Å². The second-order valence-electron chi connectivity index (χ2n) is 4.68. The number of hydrogen-bond donors (Lipinski definition) is 1. The van der Waals surface area contributed by atoms with Crippen molar-refractivity contribution in [2.24, 2.45) is 5.73 Å². The molecule has 0 aliphatic heterocycles. The van der Waals surface area contributed by atoms with Crippen molar-refractivity contribution >= 4 is 0 Å². The number of halogens is 3. The molecule has 0 spiro atoms. The van der Waals surface area contributed by atoms with Gasteiger partial charge in [0.05, 0.1) is 11.4 Å². The zero-order chi connectivity index (χ0) is 14.9. The van der Waals surface area contributed by atoms with E-state index in [0.717, 1.165) is 41.9 Å². The van der Waals surface area contributed by atoms with E-state index in [1.165, 1.54) is 4.68 Å². The van der Waals surface area contributed by atoms with Gasteiger partial charge in [0.25, 0.3) is 0 Å². The van der Waals surface area contributed by atoms with E-state index in [4.69, 9.17) is 5.73 Å². The van der Waals surface area contributed by atoms with Crippen LogP contribution in [0.1, 0.15) is 23.4 Å². The summed E-state index contributed by atoms with van der Waals surface area (Å²) >= 11 is 0. The van der Waals surface area contributed by atoms with E-state index in [9.17, 15) is 13.2 Å². The predicted octanol–water partition coefficient (Wildman–Crippen LogP) is 2.80. The zero-order valence-electron chi connectivity index (χ0n) is 11.4. The Morgan fingerprint density at radius 2 is 1.75 bits per heavy atom. The van der Waals surface area contributed by atoms with Gasteiger partial charge in [-0.25, -0.2) is 17.9 Å². The van der Waals surface area contributed by atoms with E-state index in [1.54, 1.807) is 0 Å². The molecule has 0 aliphatic carbocycles. The van der Waals surface area contributed by atoms with Crippen LogP contribution in [-0.4, -0.2) is 16.3 Å². The van der Waals surface area contributed by atoms with Gasteiger partial charge in [0.15, 0.2) is 17.5 Å². The largest absolute Gasteiger partial charge is 0.330 e. The molecule has 1 heterocycles. The van der Waals surface area contributed by atoms with E-state index in [1.807, 2.05) is 13.8 Å². The predicted molar refractivity (Wildman–Crippen MR) is 70.3 cm³/mol. The summed E-state index contributed by atoms with van der Waals surface area (Å²) in [5.74, 6) is -3.93. The molecule has 2 N–H and O–H groups in total. The maximum absolute atomic E-state index is 13.3. The van der Waals surface area contributed by atoms with Crippen molar-refractivity contribution in [2.45, 2.75) is 26.7 Å². The third kappa shape index (κ3) is 2.56. The van der Waals surface area contributed by atoms with Gasteiger partial charge in [-0.2, -0.15) is 5.10 Å². The number of aromatic nitrogens is 2. The molecule has 0 unspecified atom stereocenters. The van der Waals surface area contributed by atoms with Crippen LogP contribution in [0.15, 0.2) is 12.1 Å². The molecule has 1 aromatic heterocycles. The van der Waals surface area contributed by atoms with Gasteiger partial charge in [0.1, 0.15) is 0 Å². The van der Waals surface area contributed by atoms with Crippen molar-refractivity contribution in [1.29, 1.82) is 0 Å². The summed E-state index contributed by atoms with van der Waals surface area (Å²) in [5, 5.41) is 4.27. The van der Waals surface area contributed by atoms with E-state index in [0.29, 0.717) is 6.54 Å². The van der Waals surface area contributed by atoms with Crippen molar-refractivity contribution < 1.29 is 13.2 Å². The van der Waals surface area contributed by atoms with Gasteiger partial charge in [-0.05, 0) is 38.8 Å². The Hall–Kier alpha value is -1.82. The number of nitrogens with two attached hydrogens (primary N) is 1. The fraction of sp³-hybridized carbons (Fsp3) is 0.357. The first-order valence-electron chi connectivity index (χ1n) is 6.35. The molecular weight excluding hydrogens is 267 g/mol. The molecule has 0 saturated heterocycles. The third-order valence-corrected chi connectivity index (χ3v) is 3.29. The summed E-state index contributed by atoms with van der Waals surface area (Å²) in [4.78, 5) is 0.